The van der Waals surface area contributed by atoms with E-state index >= 15 is 0 Å². The summed E-state index contributed by atoms with van der Waals surface area (Å²) in [5.41, 5.74) is 1.30. The summed E-state index contributed by atoms with van der Waals surface area (Å²) in [5, 5.41) is 10.5. The Morgan fingerprint density at radius 3 is 2.76 bits per heavy atom. The fraction of sp³-hybridized carbons (Fsp3) is 0.0769. The summed E-state index contributed by atoms with van der Waals surface area (Å²) in [6, 6.07) is 13.0. The molecule has 3 nitrogen and oxygen atoms in total. The molecule has 84 valence electrons. The van der Waals surface area contributed by atoms with Crippen LogP contribution in [0.2, 0.25) is 0 Å². The number of thiophene rings is 1. The van der Waals surface area contributed by atoms with Crippen LogP contribution in [0.3, 0.4) is 0 Å². The number of hydrogen-bond donors (Lipinski definition) is 0. The second-order valence-electron chi connectivity index (χ2n) is 3.34. The number of benzene rings is 1. The molecular weight excluding hydrogens is 234 g/mol. The normalized spacial score (nSPS) is 9.59. The Hall–Kier alpha value is -2.12. The average Bonchev–Trinajstić information content (AvgIpc) is 2.85. The molecule has 0 N–H and O–H groups in total. The summed E-state index contributed by atoms with van der Waals surface area (Å²) in [7, 11) is 0. The lowest BCUT2D eigenvalue weighted by Gasteiger charge is -2.03. The van der Waals surface area contributed by atoms with E-state index in [4.69, 9.17) is 10.00 Å². The van der Waals surface area contributed by atoms with Crippen molar-refractivity contribution in [3.8, 4) is 6.07 Å². The molecule has 0 fully saturated rings. The topological polar surface area (TPSA) is 50.1 Å². The highest BCUT2D eigenvalue weighted by Crippen LogP contribution is 2.17. The average molecular weight is 243 g/mol. The van der Waals surface area contributed by atoms with Crippen LogP contribution < -0.4 is 0 Å². The minimum atomic E-state index is -0.444. The van der Waals surface area contributed by atoms with Crippen LogP contribution in [0.5, 0.6) is 0 Å². The van der Waals surface area contributed by atoms with Crippen molar-refractivity contribution in [1.82, 2.24) is 0 Å². The molecule has 4 heteroatoms. The predicted molar refractivity (Wildman–Crippen MR) is 64.6 cm³/mol. The first-order valence-electron chi connectivity index (χ1n) is 5.00. The predicted octanol–water partition coefficient (Wildman–Crippen LogP) is 2.98. The molecule has 1 aromatic heterocycles. The van der Waals surface area contributed by atoms with Gasteiger partial charge in [-0.3, -0.25) is 0 Å². The molecule has 2 aromatic rings. The molecule has 0 aliphatic heterocycles. The van der Waals surface area contributed by atoms with E-state index in [1.54, 1.807) is 11.4 Å². The zero-order valence-corrected chi connectivity index (χ0v) is 9.74. The van der Waals surface area contributed by atoms with Gasteiger partial charge in [-0.15, -0.1) is 11.3 Å². The van der Waals surface area contributed by atoms with E-state index in [2.05, 4.69) is 0 Å². The van der Waals surface area contributed by atoms with Gasteiger partial charge in [0.15, 0.2) is 0 Å². The summed E-state index contributed by atoms with van der Waals surface area (Å²) in [4.78, 5) is 12.1. The molecule has 0 aliphatic carbocycles. The van der Waals surface area contributed by atoms with Gasteiger partial charge in [0.1, 0.15) is 17.6 Å². The fourth-order valence-corrected chi connectivity index (χ4v) is 2.08. The van der Waals surface area contributed by atoms with Crippen molar-refractivity contribution in [3.63, 3.8) is 0 Å². The van der Waals surface area contributed by atoms with E-state index in [-0.39, 0.29) is 6.61 Å². The number of carbonyl (C=O) groups excluding carboxylic acids is 1. The molecular formula is C13H9NO2S. The van der Waals surface area contributed by atoms with E-state index in [1.165, 1.54) is 11.3 Å². The van der Waals surface area contributed by atoms with Gasteiger partial charge in [0.2, 0.25) is 0 Å². The van der Waals surface area contributed by atoms with Gasteiger partial charge in [-0.05, 0) is 17.0 Å². The smallest absolute Gasteiger partial charge is 0.350 e. The van der Waals surface area contributed by atoms with Gasteiger partial charge in [-0.1, -0.05) is 30.3 Å². The van der Waals surface area contributed by atoms with Crippen LogP contribution in [0.15, 0.2) is 41.8 Å². The molecule has 0 amide bonds. The summed E-state index contributed by atoms with van der Waals surface area (Å²) < 4.78 is 5.14. The maximum Gasteiger partial charge on any atom is 0.350 e. The Balaban J connectivity index is 2.02. The summed E-state index contributed by atoms with van der Waals surface area (Å²) in [6.45, 7) is 0.225. The minimum Gasteiger partial charge on any atom is -0.457 e. The number of carbonyl (C=O) groups is 1. The molecule has 1 aromatic carbocycles. The maximum absolute atomic E-state index is 11.7. The van der Waals surface area contributed by atoms with Gasteiger partial charge in [-0.2, -0.15) is 5.26 Å². The van der Waals surface area contributed by atoms with E-state index in [1.807, 2.05) is 36.4 Å². The Labute approximate surface area is 103 Å². The fourth-order valence-electron chi connectivity index (χ4n) is 1.34. The maximum atomic E-state index is 11.7. The molecule has 0 bridgehead atoms. The van der Waals surface area contributed by atoms with Crippen molar-refractivity contribution in [2.24, 2.45) is 0 Å². The first-order chi connectivity index (χ1) is 8.31. The molecule has 0 radical (unpaired) electrons. The Morgan fingerprint density at radius 2 is 2.06 bits per heavy atom. The molecule has 0 saturated heterocycles. The molecule has 0 saturated carbocycles. The van der Waals surface area contributed by atoms with Crippen molar-refractivity contribution in [2.75, 3.05) is 0 Å². The minimum absolute atomic E-state index is 0.225. The molecule has 17 heavy (non-hydrogen) atoms. The molecule has 0 spiro atoms. The Morgan fingerprint density at radius 1 is 1.29 bits per heavy atom. The standard InChI is InChI=1S/C13H9NO2S/c14-8-11-6-7-17-12(11)13(15)16-9-10-4-2-1-3-5-10/h1-7H,9H2. The quantitative estimate of drug-likeness (QED) is 0.779. The van der Waals surface area contributed by atoms with Crippen LogP contribution in [0, 0.1) is 11.3 Å². The van der Waals surface area contributed by atoms with Crippen molar-refractivity contribution in [1.29, 1.82) is 5.26 Å². The van der Waals surface area contributed by atoms with Gasteiger partial charge >= 0.3 is 5.97 Å². The van der Waals surface area contributed by atoms with Gasteiger partial charge in [0.25, 0.3) is 0 Å². The highest BCUT2D eigenvalue weighted by atomic mass is 32.1. The Bertz CT molecular complexity index is 554. The van der Waals surface area contributed by atoms with Crippen molar-refractivity contribution in [3.05, 3.63) is 57.8 Å². The lowest BCUT2D eigenvalue weighted by Crippen LogP contribution is -2.04. The van der Waals surface area contributed by atoms with Crippen LogP contribution in [0.25, 0.3) is 0 Å². The van der Waals surface area contributed by atoms with E-state index in [0.717, 1.165) is 5.56 Å². The first kappa shape index (κ1) is 11.4. The number of ether oxygens (including phenoxy) is 1. The van der Waals surface area contributed by atoms with E-state index < -0.39 is 5.97 Å². The second kappa shape index (κ2) is 5.28. The third-order valence-corrected chi connectivity index (χ3v) is 3.08. The van der Waals surface area contributed by atoms with Crippen LogP contribution in [0.4, 0.5) is 0 Å². The summed E-state index contributed by atoms with van der Waals surface area (Å²) in [5.74, 6) is -0.444. The van der Waals surface area contributed by atoms with Gasteiger partial charge in [0, 0.05) is 0 Å². The van der Waals surface area contributed by atoms with E-state index in [0.29, 0.717) is 10.4 Å². The number of nitriles is 1. The molecule has 0 atom stereocenters. The lowest BCUT2D eigenvalue weighted by atomic mass is 10.2. The zero-order chi connectivity index (χ0) is 12.1. The second-order valence-corrected chi connectivity index (χ2v) is 4.25. The van der Waals surface area contributed by atoms with Crippen molar-refractivity contribution in [2.45, 2.75) is 6.61 Å². The van der Waals surface area contributed by atoms with Crippen molar-refractivity contribution < 1.29 is 9.53 Å². The first-order valence-corrected chi connectivity index (χ1v) is 5.88. The van der Waals surface area contributed by atoms with Crippen LogP contribution in [0.1, 0.15) is 20.8 Å². The highest BCUT2D eigenvalue weighted by molar-refractivity contribution is 7.12. The summed E-state index contributed by atoms with van der Waals surface area (Å²) in [6.07, 6.45) is 0. The molecule has 1 heterocycles. The molecule has 2 rings (SSSR count). The third kappa shape index (κ3) is 2.71. The number of hydrogen-bond acceptors (Lipinski definition) is 4. The monoisotopic (exact) mass is 243 g/mol. The highest BCUT2D eigenvalue weighted by Gasteiger charge is 2.14. The van der Waals surface area contributed by atoms with Gasteiger partial charge < -0.3 is 4.74 Å². The van der Waals surface area contributed by atoms with Crippen LogP contribution >= 0.6 is 11.3 Å². The zero-order valence-electron chi connectivity index (χ0n) is 8.92. The van der Waals surface area contributed by atoms with Crippen molar-refractivity contribution >= 4 is 17.3 Å². The van der Waals surface area contributed by atoms with E-state index in [9.17, 15) is 4.79 Å². The Kier molecular flexibility index (Phi) is 3.53. The van der Waals surface area contributed by atoms with Crippen LogP contribution in [-0.4, -0.2) is 5.97 Å². The number of nitrogens with zero attached hydrogens (tertiary/aromatic N) is 1. The molecule has 0 unspecified atom stereocenters. The molecule has 0 aliphatic rings. The third-order valence-electron chi connectivity index (χ3n) is 2.18. The van der Waals surface area contributed by atoms with Gasteiger partial charge in [-0.25, -0.2) is 4.79 Å². The SMILES string of the molecule is N#Cc1ccsc1C(=O)OCc1ccccc1. The summed E-state index contributed by atoms with van der Waals surface area (Å²) >= 11 is 1.22. The lowest BCUT2D eigenvalue weighted by molar-refractivity contribution is 0.0478. The van der Waals surface area contributed by atoms with Gasteiger partial charge in [0.05, 0.1) is 5.56 Å². The number of rotatable bonds is 3. The number of esters is 1. The van der Waals surface area contributed by atoms with Crippen LogP contribution in [-0.2, 0) is 11.3 Å². The largest absolute Gasteiger partial charge is 0.457 e.